The van der Waals surface area contributed by atoms with E-state index in [0.717, 1.165) is 44.5 Å². The third kappa shape index (κ3) is 6.70. The van der Waals surface area contributed by atoms with Gasteiger partial charge in [-0.3, -0.25) is 0 Å². The molecule has 3 heteroatoms. The van der Waals surface area contributed by atoms with Crippen molar-refractivity contribution < 1.29 is 8.83 Å². The molecule has 0 saturated carbocycles. The van der Waals surface area contributed by atoms with Crippen LogP contribution in [0.3, 0.4) is 0 Å². The van der Waals surface area contributed by atoms with Gasteiger partial charge in [0.25, 0.3) is 0 Å². The Bertz CT molecular complexity index is 5560. The molecule has 0 spiro atoms. The molecule has 4 aliphatic rings. The number of para-hydroxylation sites is 2. The fourth-order valence-electron chi connectivity index (χ4n) is 18.5. The highest BCUT2D eigenvalue weighted by molar-refractivity contribution is 6.21. The highest BCUT2D eigenvalue weighted by Crippen LogP contribution is 2.67. The first-order valence-electron chi connectivity index (χ1n) is 32.6. The van der Waals surface area contributed by atoms with Gasteiger partial charge in [-0.2, -0.15) is 0 Å². The molecule has 15 aromatic rings. The summed E-state index contributed by atoms with van der Waals surface area (Å²) in [5.41, 5.74) is 34.0. The van der Waals surface area contributed by atoms with E-state index in [4.69, 9.17) is 8.83 Å². The van der Waals surface area contributed by atoms with Gasteiger partial charge in [0.1, 0.15) is 22.3 Å². The summed E-state index contributed by atoms with van der Waals surface area (Å²) in [5, 5.41) is 4.65. The average molecular weight is 1180 g/mol. The largest absolute Gasteiger partial charge is 0.456 e. The zero-order chi connectivity index (χ0) is 61.7. The van der Waals surface area contributed by atoms with E-state index in [1.165, 1.54) is 144 Å². The Labute approximate surface area is 536 Å². The highest BCUT2D eigenvalue weighted by Gasteiger charge is 2.53. The molecule has 0 fully saturated rings. The van der Waals surface area contributed by atoms with Gasteiger partial charge in [-0.05, 0) is 192 Å². The zero-order valence-electron chi connectivity index (χ0n) is 52.7. The smallest absolute Gasteiger partial charge is 0.144 e. The van der Waals surface area contributed by atoms with Crippen molar-refractivity contribution in [1.29, 1.82) is 0 Å². The van der Waals surface area contributed by atoms with Crippen LogP contribution in [0.15, 0.2) is 276 Å². The van der Waals surface area contributed by atoms with Crippen LogP contribution < -0.4 is 4.90 Å². The standard InChI is InChI=1S/C89H65NO2/c1-52-46-53(2)84(54(3)47-52)90(59-41-43-63-70(48-59)87(6,7)83-81(63)85-80(65-36-22-25-39-75(65)92-85)79-62-34-20-23-37-68(62)86(4,5)82(79)83)60-40-42-61-66-50-73-67(51-72(66)89(71(61)49-60,57-30-16-10-17-31-57)58-32-18-11-19-33-58)77-69(44-45-76-78(77)64-35-21-24-38-74(64)91-76)88(73,55-26-12-8-13-27-55)56-28-14-9-15-29-56/h8-51H,1-7H3. The molecule has 0 N–H and O–H groups in total. The third-order valence-electron chi connectivity index (χ3n) is 22.0. The number of aryl methyl sites for hydroxylation is 3. The van der Waals surface area contributed by atoms with Crippen molar-refractivity contribution in [3.05, 3.63) is 350 Å². The van der Waals surface area contributed by atoms with Crippen molar-refractivity contribution in [2.24, 2.45) is 0 Å². The Morgan fingerprint density at radius 2 is 0.761 bits per heavy atom. The number of rotatable bonds is 7. The van der Waals surface area contributed by atoms with E-state index in [2.05, 4.69) is 320 Å². The summed E-state index contributed by atoms with van der Waals surface area (Å²) in [6, 6.07) is 101. The fourth-order valence-corrected chi connectivity index (χ4v) is 18.5. The van der Waals surface area contributed by atoms with Crippen LogP contribution in [-0.2, 0) is 21.7 Å². The highest BCUT2D eigenvalue weighted by atomic mass is 16.3. The molecule has 4 aliphatic carbocycles. The first-order valence-corrected chi connectivity index (χ1v) is 32.6. The van der Waals surface area contributed by atoms with Crippen LogP contribution in [0.4, 0.5) is 17.1 Å². The number of anilines is 3. The lowest BCUT2D eigenvalue weighted by Crippen LogP contribution is -2.30. The summed E-state index contributed by atoms with van der Waals surface area (Å²) in [6.45, 7) is 16.6. The predicted molar refractivity (Wildman–Crippen MR) is 380 cm³/mol. The van der Waals surface area contributed by atoms with Gasteiger partial charge in [0.05, 0.1) is 16.5 Å². The molecular weight excluding hydrogens is 1110 g/mol. The number of hydrogen-bond donors (Lipinski definition) is 0. The lowest BCUT2D eigenvalue weighted by molar-refractivity contribution is 0.600. The Morgan fingerprint density at radius 1 is 0.304 bits per heavy atom. The second kappa shape index (κ2) is 18.7. The lowest BCUT2D eigenvalue weighted by atomic mass is 9.66. The van der Waals surface area contributed by atoms with Crippen molar-refractivity contribution in [3.63, 3.8) is 0 Å². The summed E-state index contributed by atoms with van der Waals surface area (Å²) in [5.74, 6) is 0. The van der Waals surface area contributed by atoms with Gasteiger partial charge in [0.2, 0.25) is 0 Å². The van der Waals surface area contributed by atoms with Gasteiger partial charge >= 0.3 is 0 Å². The van der Waals surface area contributed by atoms with E-state index >= 15 is 0 Å². The first kappa shape index (κ1) is 53.1. The van der Waals surface area contributed by atoms with Crippen molar-refractivity contribution in [3.8, 4) is 44.5 Å². The molecule has 0 atom stereocenters. The summed E-state index contributed by atoms with van der Waals surface area (Å²) in [7, 11) is 0. The molecule has 13 aromatic carbocycles. The topological polar surface area (TPSA) is 29.5 Å². The van der Waals surface area contributed by atoms with Crippen LogP contribution in [-0.4, -0.2) is 0 Å². The van der Waals surface area contributed by atoms with Crippen molar-refractivity contribution >= 4 is 60.9 Å². The molecule has 3 nitrogen and oxygen atoms in total. The normalized spacial score (nSPS) is 15.2. The molecule has 19 rings (SSSR count). The minimum Gasteiger partial charge on any atom is -0.456 e. The van der Waals surface area contributed by atoms with E-state index < -0.39 is 16.2 Å². The Morgan fingerprint density at radius 3 is 1.38 bits per heavy atom. The Hall–Kier alpha value is -10.7. The molecule has 2 aromatic heterocycles. The Balaban J connectivity index is 0.893. The molecule has 0 aliphatic heterocycles. The van der Waals surface area contributed by atoms with Gasteiger partial charge in [0, 0.05) is 49.3 Å². The van der Waals surface area contributed by atoms with Crippen LogP contribution >= 0.6 is 0 Å². The van der Waals surface area contributed by atoms with Crippen molar-refractivity contribution in [2.45, 2.75) is 70.1 Å². The number of furan rings is 2. The average Bonchev–Trinajstić information content (AvgIpc) is 1.51. The number of nitrogens with zero attached hydrogens (tertiary/aromatic N) is 1. The quantitative estimate of drug-likeness (QED) is 0.159. The first-order chi connectivity index (χ1) is 44.9. The number of fused-ring (bicyclic) bond motifs is 22. The number of benzene rings is 13. The van der Waals surface area contributed by atoms with E-state index in [1.807, 2.05) is 0 Å². The number of hydrogen-bond acceptors (Lipinski definition) is 3. The molecule has 0 bridgehead atoms. The maximum atomic E-state index is 7.19. The second-order valence-corrected chi connectivity index (χ2v) is 27.5. The van der Waals surface area contributed by atoms with Gasteiger partial charge < -0.3 is 13.7 Å². The summed E-state index contributed by atoms with van der Waals surface area (Å²) < 4.78 is 14.0. The van der Waals surface area contributed by atoms with Crippen LogP contribution in [0.1, 0.15) is 111 Å². The molecule has 438 valence electrons. The maximum Gasteiger partial charge on any atom is 0.144 e. The molecule has 0 unspecified atom stereocenters. The minimum atomic E-state index is -0.761. The second-order valence-electron chi connectivity index (χ2n) is 27.5. The van der Waals surface area contributed by atoms with Gasteiger partial charge in [0.15, 0.2) is 0 Å². The van der Waals surface area contributed by atoms with Crippen molar-refractivity contribution in [1.82, 2.24) is 0 Å². The van der Waals surface area contributed by atoms with E-state index in [1.54, 1.807) is 0 Å². The Kier molecular flexibility index (Phi) is 10.8. The summed E-state index contributed by atoms with van der Waals surface area (Å²) >= 11 is 0. The van der Waals surface area contributed by atoms with Crippen molar-refractivity contribution in [2.75, 3.05) is 4.90 Å². The van der Waals surface area contributed by atoms with Gasteiger partial charge in [-0.15, -0.1) is 0 Å². The third-order valence-corrected chi connectivity index (χ3v) is 22.0. The van der Waals surface area contributed by atoms with E-state index in [0.29, 0.717) is 0 Å². The fraction of sp³-hybridized carbons (Fsp3) is 0.124. The lowest BCUT2D eigenvalue weighted by Gasteiger charge is -2.36. The molecule has 92 heavy (non-hydrogen) atoms. The van der Waals surface area contributed by atoms with Gasteiger partial charge in [-0.25, -0.2) is 0 Å². The molecule has 0 saturated heterocycles. The summed E-state index contributed by atoms with van der Waals surface area (Å²) in [6.07, 6.45) is 0. The molecule has 0 amide bonds. The molecule has 0 radical (unpaired) electrons. The monoisotopic (exact) mass is 1180 g/mol. The SMILES string of the molecule is Cc1cc(C)c(N(c2ccc3c(c2)C(C)(C)c2c4c(c5c(oc6ccccc65)c2-3)-c2ccccc2C4(C)C)c2ccc3c(c2)C(c2ccccc2)(c2ccccc2)c2cc4c(cc2-3)C(c2ccccc2)(c2ccccc2)c2ccc3oc5ccccc5c3c2-4)c(C)c1. The van der Waals surface area contributed by atoms with Crippen LogP contribution in [0.2, 0.25) is 0 Å². The van der Waals surface area contributed by atoms with Crippen LogP contribution in [0.25, 0.3) is 88.4 Å². The van der Waals surface area contributed by atoms with Crippen LogP contribution in [0, 0.1) is 20.8 Å². The zero-order valence-corrected chi connectivity index (χ0v) is 52.7. The predicted octanol–water partition coefficient (Wildman–Crippen LogP) is 23.2. The molecular formula is C89H65NO2. The summed E-state index contributed by atoms with van der Waals surface area (Å²) in [4.78, 5) is 2.58. The minimum absolute atomic E-state index is 0.257. The van der Waals surface area contributed by atoms with Crippen LogP contribution in [0.5, 0.6) is 0 Å². The van der Waals surface area contributed by atoms with E-state index in [9.17, 15) is 0 Å². The van der Waals surface area contributed by atoms with Gasteiger partial charge in [-0.1, -0.05) is 246 Å². The molecule has 2 heterocycles. The maximum absolute atomic E-state index is 7.19. The van der Waals surface area contributed by atoms with E-state index in [-0.39, 0.29) is 5.41 Å².